The van der Waals surface area contributed by atoms with Crippen molar-refractivity contribution in [2.75, 3.05) is 5.75 Å². The highest BCUT2D eigenvalue weighted by Gasteiger charge is 2.19. The van der Waals surface area contributed by atoms with Crippen LogP contribution in [-0.2, 0) is 42.9 Å². The molecule has 1 aromatic heterocycles. The Morgan fingerprint density at radius 2 is 1.91 bits per heavy atom. The standard InChI is InChI=1S/C17H23N3O2S/c1-20-16-10-6-5-9-15(16)19-17(20)13-18-23(21,22)12-11-14-7-3-2-4-8-14/h2-4,7-8,18H,5-6,9-13H2,1H3. The Hall–Kier alpha value is -1.66. The Morgan fingerprint density at radius 1 is 1.17 bits per heavy atom. The number of hydrogen-bond donors (Lipinski definition) is 1. The Bertz CT molecular complexity index is 767. The average Bonchev–Trinajstić information content (AvgIpc) is 2.89. The SMILES string of the molecule is Cn1c(CNS(=O)(=O)CCc2ccccc2)nc2c1CCCC2. The van der Waals surface area contributed by atoms with Crippen LogP contribution < -0.4 is 4.72 Å². The molecule has 0 saturated heterocycles. The molecule has 2 aromatic rings. The lowest BCUT2D eigenvalue weighted by Crippen LogP contribution is -2.28. The van der Waals surface area contributed by atoms with Crippen molar-refractivity contribution in [2.24, 2.45) is 7.05 Å². The van der Waals surface area contributed by atoms with Gasteiger partial charge in [-0.3, -0.25) is 0 Å². The van der Waals surface area contributed by atoms with Crippen LogP contribution in [0, 0.1) is 0 Å². The number of benzene rings is 1. The van der Waals surface area contributed by atoms with Gasteiger partial charge in [0.25, 0.3) is 0 Å². The van der Waals surface area contributed by atoms with Gasteiger partial charge >= 0.3 is 0 Å². The van der Waals surface area contributed by atoms with Gasteiger partial charge in [0.15, 0.2) is 0 Å². The van der Waals surface area contributed by atoms with Crippen LogP contribution in [0.1, 0.15) is 35.6 Å². The highest BCUT2D eigenvalue weighted by molar-refractivity contribution is 7.89. The van der Waals surface area contributed by atoms with E-state index in [-0.39, 0.29) is 12.3 Å². The molecule has 0 unspecified atom stereocenters. The first-order chi connectivity index (χ1) is 11.1. The molecule has 0 amide bonds. The lowest BCUT2D eigenvalue weighted by molar-refractivity contribution is 0.576. The van der Waals surface area contributed by atoms with Crippen LogP contribution in [0.5, 0.6) is 0 Å². The fraction of sp³-hybridized carbons (Fsp3) is 0.471. The zero-order chi connectivity index (χ0) is 16.3. The van der Waals surface area contributed by atoms with Gasteiger partial charge in [-0.2, -0.15) is 0 Å². The normalized spacial score (nSPS) is 14.7. The highest BCUT2D eigenvalue weighted by atomic mass is 32.2. The van der Waals surface area contributed by atoms with Gasteiger partial charge in [-0.15, -0.1) is 0 Å². The van der Waals surface area contributed by atoms with Gasteiger partial charge < -0.3 is 4.57 Å². The number of rotatable bonds is 6. The first kappa shape index (κ1) is 16.2. The molecule has 124 valence electrons. The first-order valence-electron chi connectivity index (χ1n) is 8.10. The maximum absolute atomic E-state index is 12.2. The Balaban J connectivity index is 1.60. The zero-order valence-corrected chi connectivity index (χ0v) is 14.3. The third kappa shape index (κ3) is 4.00. The van der Waals surface area contributed by atoms with E-state index in [4.69, 9.17) is 0 Å². The molecule has 0 saturated carbocycles. The molecule has 0 spiro atoms. The van der Waals surface area contributed by atoms with E-state index < -0.39 is 10.0 Å². The minimum absolute atomic E-state index is 0.0984. The van der Waals surface area contributed by atoms with Crippen molar-refractivity contribution in [3.05, 3.63) is 53.1 Å². The van der Waals surface area contributed by atoms with Gasteiger partial charge in [-0.1, -0.05) is 30.3 Å². The van der Waals surface area contributed by atoms with Gasteiger partial charge in [0.2, 0.25) is 10.0 Å². The maximum atomic E-state index is 12.2. The van der Waals surface area contributed by atoms with Crippen molar-refractivity contribution in [3.8, 4) is 0 Å². The molecule has 0 aliphatic heterocycles. The molecule has 0 atom stereocenters. The fourth-order valence-corrected chi connectivity index (χ4v) is 4.04. The minimum Gasteiger partial charge on any atom is -0.334 e. The Kier molecular flexibility index (Phi) is 4.82. The number of hydrogen-bond acceptors (Lipinski definition) is 3. The summed E-state index contributed by atoms with van der Waals surface area (Å²) in [6.07, 6.45) is 4.93. The molecule has 1 heterocycles. The van der Waals surface area contributed by atoms with Crippen molar-refractivity contribution in [3.63, 3.8) is 0 Å². The van der Waals surface area contributed by atoms with Crippen LogP contribution >= 0.6 is 0 Å². The van der Waals surface area contributed by atoms with Gasteiger partial charge in [-0.05, 0) is 37.7 Å². The van der Waals surface area contributed by atoms with Crippen molar-refractivity contribution in [1.82, 2.24) is 14.3 Å². The molecule has 23 heavy (non-hydrogen) atoms. The van der Waals surface area contributed by atoms with Crippen LogP contribution in [0.3, 0.4) is 0 Å². The molecule has 0 fully saturated rings. The van der Waals surface area contributed by atoms with Crippen LogP contribution in [-0.4, -0.2) is 23.7 Å². The van der Waals surface area contributed by atoms with E-state index in [9.17, 15) is 8.42 Å². The second kappa shape index (κ2) is 6.84. The minimum atomic E-state index is -3.30. The fourth-order valence-electron chi connectivity index (χ4n) is 3.04. The summed E-state index contributed by atoms with van der Waals surface area (Å²) in [4.78, 5) is 4.61. The lowest BCUT2D eigenvalue weighted by atomic mass is 10.0. The predicted octanol–water partition coefficient (Wildman–Crippen LogP) is 1.96. The first-order valence-corrected chi connectivity index (χ1v) is 9.75. The van der Waals surface area contributed by atoms with Crippen molar-refractivity contribution < 1.29 is 8.42 Å². The molecule has 0 radical (unpaired) electrons. The number of nitrogens with one attached hydrogen (secondary N) is 1. The van der Waals surface area contributed by atoms with Gasteiger partial charge in [0.05, 0.1) is 18.0 Å². The largest absolute Gasteiger partial charge is 0.334 e. The Labute approximate surface area is 137 Å². The van der Waals surface area contributed by atoms with Crippen LogP contribution in [0.15, 0.2) is 30.3 Å². The molecule has 1 aromatic carbocycles. The van der Waals surface area contributed by atoms with Gasteiger partial charge in [0.1, 0.15) is 5.82 Å². The second-order valence-electron chi connectivity index (χ2n) is 6.06. The topological polar surface area (TPSA) is 64.0 Å². The zero-order valence-electron chi connectivity index (χ0n) is 13.5. The summed E-state index contributed by atoms with van der Waals surface area (Å²) in [5.74, 6) is 0.904. The molecule has 0 bridgehead atoms. The summed E-state index contributed by atoms with van der Waals surface area (Å²) in [5, 5.41) is 0. The third-order valence-electron chi connectivity index (χ3n) is 4.42. The molecule has 3 rings (SSSR count). The van der Waals surface area contributed by atoms with E-state index in [1.54, 1.807) is 0 Å². The third-order valence-corrected chi connectivity index (χ3v) is 5.74. The molecule has 6 heteroatoms. The van der Waals surface area contributed by atoms with E-state index in [0.29, 0.717) is 6.42 Å². The van der Waals surface area contributed by atoms with Gasteiger partial charge in [-0.25, -0.2) is 18.1 Å². The smallest absolute Gasteiger partial charge is 0.212 e. The number of nitrogens with zero attached hydrogens (tertiary/aromatic N) is 2. The molecular weight excluding hydrogens is 310 g/mol. The maximum Gasteiger partial charge on any atom is 0.212 e. The lowest BCUT2D eigenvalue weighted by Gasteiger charge is -2.11. The van der Waals surface area contributed by atoms with Crippen molar-refractivity contribution in [2.45, 2.75) is 38.6 Å². The number of sulfonamides is 1. The summed E-state index contributed by atoms with van der Waals surface area (Å²) in [6, 6.07) is 9.67. The summed E-state index contributed by atoms with van der Waals surface area (Å²) in [5.41, 5.74) is 3.43. The number of aryl methyl sites for hydroxylation is 2. The monoisotopic (exact) mass is 333 g/mol. The highest BCUT2D eigenvalue weighted by Crippen LogP contribution is 2.21. The van der Waals surface area contributed by atoms with Crippen LogP contribution in [0.4, 0.5) is 0 Å². The summed E-state index contributed by atoms with van der Waals surface area (Å²) in [6.45, 7) is 0.265. The number of aromatic nitrogens is 2. The van der Waals surface area contributed by atoms with Crippen molar-refractivity contribution in [1.29, 1.82) is 0 Å². The summed E-state index contributed by atoms with van der Waals surface area (Å²) in [7, 11) is -1.32. The summed E-state index contributed by atoms with van der Waals surface area (Å²) >= 11 is 0. The van der Waals surface area contributed by atoms with Crippen LogP contribution in [0.25, 0.3) is 0 Å². The van der Waals surface area contributed by atoms with Gasteiger partial charge in [0, 0.05) is 12.7 Å². The predicted molar refractivity (Wildman–Crippen MR) is 90.6 cm³/mol. The van der Waals surface area contributed by atoms with E-state index in [1.165, 1.54) is 18.5 Å². The number of imidazole rings is 1. The molecular formula is C17H23N3O2S. The van der Waals surface area contributed by atoms with Crippen molar-refractivity contribution >= 4 is 10.0 Å². The van der Waals surface area contributed by atoms with E-state index in [1.807, 2.05) is 41.9 Å². The molecule has 1 aliphatic rings. The quantitative estimate of drug-likeness (QED) is 0.879. The van der Waals surface area contributed by atoms with E-state index in [0.717, 1.165) is 29.9 Å². The average molecular weight is 333 g/mol. The van der Waals surface area contributed by atoms with E-state index >= 15 is 0 Å². The summed E-state index contributed by atoms with van der Waals surface area (Å²) < 4.78 is 29.1. The van der Waals surface area contributed by atoms with Crippen LogP contribution in [0.2, 0.25) is 0 Å². The molecule has 5 nitrogen and oxygen atoms in total. The van der Waals surface area contributed by atoms with E-state index in [2.05, 4.69) is 9.71 Å². The Morgan fingerprint density at radius 3 is 2.65 bits per heavy atom. The number of fused-ring (bicyclic) bond motifs is 1. The second-order valence-corrected chi connectivity index (χ2v) is 7.99. The molecule has 1 aliphatic carbocycles. The molecule has 1 N–H and O–H groups in total.